The number of halogens is 3. The van der Waals surface area contributed by atoms with Crippen molar-refractivity contribution in [3.8, 4) is 0 Å². The van der Waals surface area contributed by atoms with Crippen LogP contribution in [-0.4, -0.2) is 10.7 Å². The summed E-state index contributed by atoms with van der Waals surface area (Å²) in [6.45, 7) is 6.92. The Labute approximate surface area is 136 Å². The Morgan fingerprint density at radius 2 is 1.50 bits per heavy atom. The Morgan fingerprint density at radius 1 is 0.944 bits per heavy atom. The van der Waals surface area contributed by atoms with Crippen molar-refractivity contribution < 1.29 is 0 Å². The van der Waals surface area contributed by atoms with Gasteiger partial charge in [0.25, 0.3) is 0 Å². The summed E-state index contributed by atoms with van der Waals surface area (Å²) in [7, 11) is 0. The summed E-state index contributed by atoms with van der Waals surface area (Å²) < 4.78 is 1.21. The standard InChI is InChI=1S/C15H21Br3/c1-14(2,3)8-9-15(10-16,11-17)12-6-4-5-7-13(12)18/h4-7H,8-11H2,1-3H3. The van der Waals surface area contributed by atoms with E-state index in [-0.39, 0.29) is 5.41 Å². The van der Waals surface area contributed by atoms with Gasteiger partial charge in [-0.25, -0.2) is 0 Å². The molecule has 3 heteroatoms. The molecule has 1 aromatic rings. The van der Waals surface area contributed by atoms with Crippen molar-refractivity contribution in [2.24, 2.45) is 5.41 Å². The molecule has 18 heavy (non-hydrogen) atoms. The Bertz CT molecular complexity index is 376. The fraction of sp³-hybridized carbons (Fsp3) is 0.600. The van der Waals surface area contributed by atoms with Gasteiger partial charge in [-0.3, -0.25) is 0 Å². The minimum Gasteiger partial charge on any atom is -0.0918 e. The molecule has 0 bridgehead atoms. The summed E-state index contributed by atoms with van der Waals surface area (Å²) in [4.78, 5) is 0. The van der Waals surface area contributed by atoms with Gasteiger partial charge >= 0.3 is 0 Å². The van der Waals surface area contributed by atoms with Gasteiger partial charge in [0, 0.05) is 20.5 Å². The van der Waals surface area contributed by atoms with Crippen LogP contribution in [0.4, 0.5) is 0 Å². The van der Waals surface area contributed by atoms with Crippen molar-refractivity contribution in [2.45, 2.75) is 39.0 Å². The first-order valence-corrected chi connectivity index (χ1v) is 9.25. The van der Waals surface area contributed by atoms with E-state index in [1.807, 2.05) is 0 Å². The normalized spacial score (nSPS) is 12.8. The van der Waals surface area contributed by atoms with Gasteiger partial charge < -0.3 is 0 Å². The van der Waals surface area contributed by atoms with E-state index in [0.717, 1.165) is 10.7 Å². The fourth-order valence-electron chi connectivity index (χ4n) is 1.95. The number of rotatable bonds is 5. The minimum absolute atomic E-state index is 0.160. The molecule has 102 valence electrons. The highest BCUT2D eigenvalue weighted by atomic mass is 79.9. The second-order valence-corrected chi connectivity index (χ2v) is 8.06. The van der Waals surface area contributed by atoms with Crippen molar-refractivity contribution in [3.63, 3.8) is 0 Å². The molecule has 0 amide bonds. The smallest absolute Gasteiger partial charge is 0.0213 e. The number of hydrogen-bond acceptors (Lipinski definition) is 0. The molecule has 0 spiro atoms. The van der Waals surface area contributed by atoms with Gasteiger partial charge in [-0.2, -0.15) is 0 Å². The van der Waals surface area contributed by atoms with E-state index >= 15 is 0 Å². The molecule has 0 atom stereocenters. The van der Waals surface area contributed by atoms with Crippen molar-refractivity contribution in [2.75, 3.05) is 10.7 Å². The summed E-state index contributed by atoms with van der Waals surface area (Å²) in [6.07, 6.45) is 2.39. The lowest BCUT2D eigenvalue weighted by Gasteiger charge is -2.34. The van der Waals surface area contributed by atoms with E-state index in [1.54, 1.807) is 0 Å². The molecule has 0 heterocycles. The molecule has 0 N–H and O–H groups in total. The van der Waals surface area contributed by atoms with Gasteiger partial charge in [0.15, 0.2) is 0 Å². The molecule has 0 aliphatic rings. The summed E-state index contributed by atoms with van der Waals surface area (Å²) in [5.74, 6) is 0. The molecule has 1 aromatic carbocycles. The first-order valence-electron chi connectivity index (χ1n) is 6.22. The van der Waals surface area contributed by atoms with Gasteiger partial charge in [-0.1, -0.05) is 86.8 Å². The van der Waals surface area contributed by atoms with Crippen LogP contribution in [0.5, 0.6) is 0 Å². The first-order chi connectivity index (χ1) is 8.34. The van der Waals surface area contributed by atoms with Gasteiger partial charge in [0.05, 0.1) is 0 Å². The number of benzene rings is 1. The van der Waals surface area contributed by atoms with Crippen LogP contribution in [0, 0.1) is 5.41 Å². The van der Waals surface area contributed by atoms with Crippen LogP contribution >= 0.6 is 47.8 Å². The Kier molecular flexibility index (Phi) is 6.40. The minimum atomic E-state index is 0.160. The van der Waals surface area contributed by atoms with Crippen LogP contribution in [-0.2, 0) is 5.41 Å². The highest BCUT2D eigenvalue weighted by molar-refractivity contribution is 9.10. The third-order valence-electron chi connectivity index (χ3n) is 3.31. The van der Waals surface area contributed by atoms with E-state index in [4.69, 9.17) is 0 Å². The quantitative estimate of drug-likeness (QED) is 0.471. The largest absolute Gasteiger partial charge is 0.0918 e. The molecule has 0 aliphatic carbocycles. The van der Waals surface area contributed by atoms with Crippen LogP contribution in [0.25, 0.3) is 0 Å². The maximum atomic E-state index is 3.72. The van der Waals surface area contributed by atoms with E-state index in [1.165, 1.54) is 22.9 Å². The Balaban J connectivity index is 3.04. The Hall–Kier alpha value is 0.660. The predicted molar refractivity (Wildman–Crippen MR) is 92.1 cm³/mol. The van der Waals surface area contributed by atoms with Crippen LogP contribution in [0.1, 0.15) is 39.2 Å². The third-order valence-corrected chi connectivity index (χ3v) is 6.15. The zero-order valence-electron chi connectivity index (χ0n) is 11.3. The van der Waals surface area contributed by atoms with Gasteiger partial charge in [0.2, 0.25) is 0 Å². The summed E-state index contributed by atoms with van der Waals surface area (Å²) in [5, 5.41) is 1.95. The average Bonchev–Trinajstić information content (AvgIpc) is 2.31. The van der Waals surface area contributed by atoms with Crippen LogP contribution in [0.15, 0.2) is 28.7 Å². The average molecular weight is 441 g/mol. The lowest BCUT2D eigenvalue weighted by Crippen LogP contribution is -2.32. The van der Waals surface area contributed by atoms with Crippen LogP contribution < -0.4 is 0 Å². The first kappa shape index (κ1) is 16.7. The molecular weight excluding hydrogens is 420 g/mol. The van der Waals surface area contributed by atoms with Crippen molar-refractivity contribution in [3.05, 3.63) is 34.3 Å². The molecular formula is C15H21Br3. The number of hydrogen-bond donors (Lipinski definition) is 0. The lowest BCUT2D eigenvalue weighted by atomic mass is 9.76. The second kappa shape index (κ2) is 6.90. The summed E-state index contributed by atoms with van der Waals surface area (Å²) in [6, 6.07) is 8.56. The van der Waals surface area contributed by atoms with E-state index in [2.05, 4.69) is 92.8 Å². The zero-order chi connectivity index (χ0) is 13.8. The van der Waals surface area contributed by atoms with E-state index < -0.39 is 0 Å². The number of alkyl halides is 2. The fourth-order valence-corrected chi connectivity index (χ4v) is 4.75. The summed E-state index contributed by atoms with van der Waals surface area (Å²) in [5.41, 5.74) is 1.92. The van der Waals surface area contributed by atoms with Gasteiger partial charge in [-0.05, 0) is 29.9 Å². The molecule has 0 nitrogen and oxygen atoms in total. The molecule has 1 rings (SSSR count). The van der Waals surface area contributed by atoms with Gasteiger partial charge in [-0.15, -0.1) is 0 Å². The van der Waals surface area contributed by atoms with E-state index in [0.29, 0.717) is 5.41 Å². The van der Waals surface area contributed by atoms with Crippen molar-refractivity contribution >= 4 is 47.8 Å². The predicted octanol–water partition coefficient (Wildman–Crippen LogP) is 6.30. The molecule has 0 aliphatic heterocycles. The highest BCUT2D eigenvalue weighted by Crippen LogP contribution is 2.40. The molecule has 0 saturated heterocycles. The maximum Gasteiger partial charge on any atom is 0.0213 e. The molecule has 0 saturated carbocycles. The van der Waals surface area contributed by atoms with Crippen LogP contribution in [0.2, 0.25) is 0 Å². The monoisotopic (exact) mass is 438 g/mol. The second-order valence-electron chi connectivity index (χ2n) is 6.09. The zero-order valence-corrected chi connectivity index (χ0v) is 16.0. The maximum absolute atomic E-state index is 3.72. The van der Waals surface area contributed by atoms with Crippen LogP contribution in [0.3, 0.4) is 0 Å². The highest BCUT2D eigenvalue weighted by Gasteiger charge is 2.32. The van der Waals surface area contributed by atoms with Crippen molar-refractivity contribution in [1.82, 2.24) is 0 Å². The molecule has 0 radical (unpaired) electrons. The topological polar surface area (TPSA) is 0 Å². The SMILES string of the molecule is CC(C)(C)CCC(CBr)(CBr)c1ccccc1Br. The third kappa shape index (κ3) is 4.35. The lowest BCUT2D eigenvalue weighted by molar-refractivity contribution is 0.321. The van der Waals surface area contributed by atoms with E-state index in [9.17, 15) is 0 Å². The Morgan fingerprint density at radius 3 is 1.94 bits per heavy atom. The van der Waals surface area contributed by atoms with Crippen molar-refractivity contribution in [1.29, 1.82) is 0 Å². The molecule has 0 fully saturated rings. The van der Waals surface area contributed by atoms with Gasteiger partial charge in [0.1, 0.15) is 0 Å². The molecule has 0 aromatic heterocycles. The summed E-state index contributed by atoms with van der Waals surface area (Å²) >= 11 is 11.1. The molecule has 0 unspecified atom stereocenters.